The summed E-state index contributed by atoms with van der Waals surface area (Å²) in [5.74, 6) is 0. The number of aliphatic hydroxyl groups is 1. The minimum atomic E-state index is -0.254. The van der Waals surface area contributed by atoms with Crippen molar-refractivity contribution < 1.29 is 5.11 Å². The lowest BCUT2D eigenvalue weighted by atomic mass is 10.2. The molecule has 0 bridgehead atoms. The molecule has 0 aliphatic rings. The first-order chi connectivity index (χ1) is 3.63. The largest absolute Gasteiger partial charge is 0.393 e. The van der Waals surface area contributed by atoms with Crippen LogP contribution in [0.5, 0.6) is 0 Å². The van der Waals surface area contributed by atoms with E-state index in [1.807, 2.05) is 0 Å². The van der Waals surface area contributed by atoms with Crippen molar-refractivity contribution in [2.45, 2.75) is 32.8 Å². The van der Waals surface area contributed by atoms with Crippen LogP contribution in [0.4, 0.5) is 0 Å². The van der Waals surface area contributed by atoms with Gasteiger partial charge in [-0.2, -0.15) is 0 Å². The van der Waals surface area contributed by atoms with Gasteiger partial charge in [-0.15, -0.1) is 0 Å². The van der Waals surface area contributed by atoms with Gasteiger partial charge >= 0.3 is 0 Å². The molecule has 1 atom stereocenters. The fraction of sp³-hybridized carbons (Fsp3) is 0.833. The van der Waals surface area contributed by atoms with Gasteiger partial charge in [-0.05, 0) is 26.7 Å². The molecular formula is C6H13NO. The topological polar surface area (TPSA) is 44.1 Å². The van der Waals surface area contributed by atoms with Crippen molar-refractivity contribution in [3.05, 3.63) is 0 Å². The monoisotopic (exact) mass is 115 g/mol. The average molecular weight is 115 g/mol. The van der Waals surface area contributed by atoms with Crippen LogP contribution >= 0.6 is 0 Å². The van der Waals surface area contributed by atoms with Crippen LogP contribution in [0, 0.1) is 5.41 Å². The number of aliphatic hydroxyl groups excluding tert-OH is 1. The van der Waals surface area contributed by atoms with E-state index in [1.165, 1.54) is 0 Å². The maximum atomic E-state index is 8.70. The third-order valence-electron chi connectivity index (χ3n) is 0.937. The molecule has 0 aromatic heterocycles. The highest BCUT2D eigenvalue weighted by atomic mass is 16.3. The van der Waals surface area contributed by atoms with E-state index in [9.17, 15) is 0 Å². The van der Waals surface area contributed by atoms with E-state index < -0.39 is 0 Å². The molecule has 0 aliphatic carbocycles. The van der Waals surface area contributed by atoms with Crippen molar-refractivity contribution >= 4 is 5.71 Å². The minimum Gasteiger partial charge on any atom is -0.393 e. The number of rotatable bonds is 3. The van der Waals surface area contributed by atoms with Crippen molar-refractivity contribution in [3.8, 4) is 0 Å². The molecule has 8 heavy (non-hydrogen) atoms. The second-order valence-corrected chi connectivity index (χ2v) is 2.17. The minimum absolute atomic E-state index is 0.254. The molecule has 1 unspecified atom stereocenters. The average Bonchev–Trinajstić information content (AvgIpc) is 1.61. The zero-order chi connectivity index (χ0) is 6.57. The van der Waals surface area contributed by atoms with Gasteiger partial charge in [-0.3, -0.25) is 0 Å². The SMILES string of the molecule is CC(=N)CCC(C)O. The van der Waals surface area contributed by atoms with Crippen LogP contribution in [0.25, 0.3) is 0 Å². The van der Waals surface area contributed by atoms with Gasteiger partial charge in [0.25, 0.3) is 0 Å². The molecule has 0 aliphatic heterocycles. The summed E-state index contributed by atoms with van der Waals surface area (Å²) in [4.78, 5) is 0. The normalized spacial score (nSPS) is 13.4. The molecule has 0 saturated carbocycles. The van der Waals surface area contributed by atoms with E-state index in [2.05, 4.69) is 0 Å². The Morgan fingerprint density at radius 1 is 1.75 bits per heavy atom. The van der Waals surface area contributed by atoms with Crippen LogP contribution in [0.1, 0.15) is 26.7 Å². The summed E-state index contributed by atoms with van der Waals surface area (Å²) < 4.78 is 0. The molecule has 0 heterocycles. The number of hydrogen-bond donors (Lipinski definition) is 2. The highest BCUT2D eigenvalue weighted by molar-refractivity contribution is 5.78. The van der Waals surface area contributed by atoms with Crippen LogP contribution in [-0.4, -0.2) is 16.9 Å². The predicted molar refractivity (Wildman–Crippen MR) is 34.3 cm³/mol. The fourth-order valence-corrected chi connectivity index (χ4v) is 0.425. The molecule has 48 valence electrons. The van der Waals surface area contributed by atoms with Crippen LogP contribution < -0.4 is 0 Å². The first-order valence-electron chi connectivity index (χ1n) is 2.85. The van der Waals surface area contributed by atoms with E-state index in [4.69, 9.17) is 10.5 Å². The lowest BCUT2D eigenvalue weighted by Crippen LogP contribution is -2.01. The molecule has 2 N–H and O–H groups in total. The van der Waals surface area contributed by atoms with E-state index >= 15 is 0 Å². The first kappa shape index (κ1) is 7.63. The van der Waals surface area contributed by atoms with Crippen molar-refractivity contribution in [2.24, 2.45) is 0 Å². The molecule has 0 aromatic carbocycles. The van der Waals surface area contributed by atoms with Gasteiger partial charge in [0.15, 0.2) is 0 Å². The van der Waals surface area contributed by atoms with Crippen molar-refractivity contribution in [2.75, 3.05) is 0 Å². The van der Waals surface area contributed by atoms with Gasteiger partial charge in [-0.25, -0.2) is 0 Å². The maximum Gasteiger partial charge on any atom is 0.0515 e. The second-order valence-electron chi connectivity index (χ2n) is 2.17. The third-order valence-corrected chi connectivity index (χ3v) is 0.937. The Morgan fingerprint density at radius 2 is 2.25 bits per heavy atom. The summed E-state index contributed by atoms with van der Waals surface area (Å²) in [5.41, 5.74) is 0.644. The smallest absolute Gasteiger partial charge is 0.0515 e. The van der Waals surface area contributed by atoms with Crippen LogP contribution in [-0.2, 0) is 0 Å². The molecular weight excluding hydrogens is 102 g/mol. The highest BCUT2D eigenvalue weighted by Gasteiger charge is 1.94. The number of nitrogens with one attached hydrogen (secondary N) is 1. The van der Waals surface area contributed by atoms with Crippen LogP contribution in [0.2, 0.25) is 0 Å². The van der Waals surface area contributed by atoms with E-state index in [0.29, 0.717) is 5.71 Å². The summed E-state index contributed by atoms with van der Waals surface area (Å²) in [5, 5.41) is 15.7. The molecule has 0 saturated heterocycles. The van der Waals surface area contributed by atoms with E-state index in [0.717, 1.165) is 12.8 Å². The van der Waals surface area contributed by atoms with Gasteiger partial charge in [-0.1, -0.05) is 0 Å². The molecule has 0 spiro atoms. The Labute approximate surface area is 50.0 Å². The zero-order valence-corrected chi connectivity index (χ0v) is 5.44. The Balaban J connectivity index is 3.05. The summed E-state index contributed by atoms with van der Waals surface area (Å²) >= 11 is 0. The summed E-state index contributed by atoms with van der Waals surface area (Å²) in [6.45, 7) is 3.49. The summed E-state index contributed by atoms with van der Waals surface area (Å²) in [6, 6.07) is 0. The van der Waals surface area contributed by atoms with Crippen molar-refractivity contribution in [3.63, 3.8) is 0 Å². The molecule has 0 amide bonds. The quantitative estimate of drug-likeness (QED) is 0.533. The van der Waals surface area contributed by atoms with Gasteiger partial charge in [0.2, 0.25) is 0 Å². The van der Waals surface area contributed by atoms with Crippen molar-refractivity contribution in [1.29, 1.82) is 5.41 Å². The van der Waals surface area contributed by atoms with Gasteiger partial charge < -0.3 is 10.5 Å². The van der Waals surface area contributed by atoms with E-state index in [-0.39, 0.29) is 6.10 Å². The Bertz CT molecular complexity index is 78.6. The standard InChI is InChI=1S/C6H13NO/c1-5(7)3-4-6(2)8/h6-8H,3-4H2,1-2H3. The van der Waals surface area contributed by atoms with Gasteiger partial charge in [0.1, 0.15) is 0 Å². The van der Waals surface area contributed by atoms with E-state index in [1.54, 1.807) is 13.8 Å². The van der Waals surface area contributed by atoms with Crippen LogP contribution in [0.3, 0.4) is 0 Å². The molecule has 2 nitrogen and oxygen atoms in total. The molecule has 0 fully saturated rings. The third kappa shape index (κ3) is 5.63. The molecule has 0 rings (SSSR count). The number of hydrogen-bond acceptors (Lipinski definition) is 2. The van der Waals surface area contributed by atoms with Crippen molar-refractivity contribution in [1.82, 2.24) is 0 Å². The fourth-order valence-electron chi connectivity index (χ4n) is 0.425. The lowest BCUT2D eigenvalue weighted by molar-refractivity contribution is 0.187. The Morgan fingerprint density at radius 3 is 2.38 bits per heavy atom. The maximum absolute atomic E-state index is 8.70. The molecule has 0 radical (unpaired) electrons. The first-order valence-corrected chi connectivity index (χ1v) is 2.85. The Kier molecular flexibility index (Phi) is 3.44. The van der Waals surface area contributed by atoms with Crippen LogP contribution in [0.15, 0.2) is 0 Å². The zero-order valence-electron chi connectivity index (χ0n) is 5.44. The molecule has 2 heteroatoms. The van der Waals surface area contributed by atoms with Gasteiger partial charge in [0.05, 0.1) is 6.10 Å². The highest BCUT2D eigenvalue weighted by Crippen LogP contribution is 1.95. The summed E-state index contributed by atoms with van der Waals surface area (Å²) in [7, 11) is 0. The Hall–Kier alpha value is -0.370. The molecule has 0 aromatic rings. The van der Waals surface area contributed by atoms with Gasteiger partial charge in [0, 0.05) is 5.71 Å². The lowest BCUT2D eigenvalue weighted by Gasteiger charge is -1.99. The summed E-state index contributed by atoms with van der Waals surface area (Å²) in [6.07, 6.45) is 1.18. The predicted octanol–water partition coefficient (Wildman–Crippen LogP) is 1.19. The second kappa shape index (κ2) is 3.61.